The molecule has 2 N–H and O–H groups in total. The average molecular weight is 493 g/mol. The molecule has 0 saturated carbocycles. The summed E-state index contributed by atoms with van der Waals surface area (Å²) < 4.78 is 34.3. The molecule has 2 aliphatic heterocycles. The van der Waals surface area contributed by atoms with Gasteiger partial charge in [-0.2, -0.15) is 0 Å². The number of ether oxygens (including phenoxy) is 1. The van der Waals surface area contributed by atoms with Crippen molar-refractivity contribution < 1.29 is 13.2 Å². The van der Waals surface area contributed by atoms with Gasteiger partial charge in [0.1, 0.15) is 9.96 Å². The number of benzene rings is 1. The maximum Gasteiger partial charge on any atom is 0.250 e. The number of piperidine rings is 1. The van der Waals surface area contributed by atoms with E-state index >= 15 is 0 Å². The summed E-state index contributed by atoms with van der Waals surface area (Å²) in [4.78, 5) is 5.57. The maximum absolute atomic E-state index is 12.8. The molecule has 2 aliphatic rings. The van der Waals surface area contributed by atoms with Crippen molar-refractivity contribution >= 4 is 21.4 Å². The van der Waals surface area contributed by atoms with E-state index < -0.39 is 10.0 Å². The zero-order valence-electron chi connectivity index (χ0n) is 19.7. The van der Waals surface area contributed by atoms with E-state index in [1.807, 2.05) is 12.1 Å². The second kappa shape index (κ2) is 11.3. The second-order valence-corrected chi connectivity index (χ2v) is 12.1. The number of hydrogen-bond acceptors (Lipinski definition) is 7. The van der Waals surface area contributed by atoms with Crippen LogP contribution < -0.4 is 14.8 Å². The van der Waals surface area contributed by atoms with E-state index in [1.165, 1.54) is 29.7 Å². The molecule has 3 heterocycles. The molecule has 2 saturated heterocycles. The van der Waals surface area contributed by atoms with Crippen LogP contribution in [0.1, 0.15) is 31.2 Å². The molecule has 0 atom stereocenters. The van der Waals surface area contributed by atoms with Gasteiger partial charge in [0, 0.05) is 36.1 Å². The number of likely N-dealkylation sites (tertiary alicyclic amines) is 2. The van der Waals surface area contributed by atoms with Gasteiger partial charge in [-0.3, -0.25) is 0 Å². The van der Waals surface area contributed by atoms with Crippen molar-refractivity contribution in [2.75, 3.05) is 53.4 Å². The Morgan fingerprint density at radius 2 is 1.85 bits per heavy atom. The molecule has 182 valence electrons. The van der Waals surface area contributed by atoms with Gasteiger partial charge < -0.3 is 19.9 Å². The van der Waals surface area contributed by atoms with Crippen LogP contribution in [-0.4, -0.2) is 77.7 Å². The van der Waals surface area contributed by atoms with Gasteiger partial charge in [0.15, 0.2) is 0 Å². The lowest BCUT2D eigenvalue weighted by Gasteiger charge is -2.29. The average Bonchev–Trinajstić information content (AvgIpc) is 3.51. The maximum atomic E-state index is 12.8. The van der Waals surface area contributed by atoms with Crippen LogP contribution in [-0.2, 0) is 16.6 Å². The Balaban J connectivity index is 1.41. The smallest absolute Gasteiger partial charge is 0.250 e. The predicted molar refractivity (Wildman–Crippen MR) is 135 cm³/mol. The normalized spacial score (nSPS) is 18.7. The van der Waals surface area contributed by atoms with Gasteiger partial charge in [0.2, 0.25) is 10.0 Å². The molecular weight excluding hydrogens is 456 g/mol. The monoisotopic (exact) mass is 492 g/mol. The molecule has 1 aromatic heterocycles. The molecule has 2 aromatic rings. The number of methoxy groups -OCH3 is 1. The fraction of sp³-hybridized carbons (Fsp3) is 0.583. The number of nitrogens with one attached hydrogen (secondary N) is 2. The van der Waals surface area contributed by atoms with Crippen LogP contribution in [0.2, 0.25) is 0 Å². The summed E-state index contributed by atoms with van der Waals surface area (Å²) in [6.07, 6.45) is 4.73. The van der Waals surface area contributed by atoms with Crippen molar-refractivity contribution in [2.24, 2.45) is 0 Å². The van der Waals surface area contributed by atoms with Gasteiger partial charge in [-0.1, -0.05) is 6.07 Å². The quantitative estimate of drug-likeness (QED) is 0.531. The van der Waals surface area contributed by atoms with Crippen molar-refractivity contribution in [3.05, 3.63) is 35.9 Å². The van der Waals surface area contributed by atoms with Gasteiger partial charge in [-0.25, -0.2) is 13.1 Å². The molecule has 7 nitrogen and oxygen atoms in total. The van der Waals surface area contributed by atoms with Crippen LogP contribution in [0.15, 0.2) is 34.5 Å². The number of nitrogens with zero attached hydrogens (tertiary/aromatic N) is 2. The summed E-state index contributed by atoms with van der Waals surface area (Å²) in [5.74, 6) is 0.755. The standard InChI is InChI=1S/C24H36N4O3S2/c1-27-14-9-20(10-15-27)25-18-19-5-6-22(31-2)21(17-19)23-7-8-24(32-23)33(29,30)26-11-16-28-12-3-4-13-28/h5-8,17,20,25-26H,3-4,9-16,18H2,1-2H3. The Hall–Kier alpha value is -1.49. The molecule has 0 spiro atoms. The van der Waals surface area contributed by atoms with Crippen LogP contribution in [0.3, 0.4) is 0 Å². The predicted octanol–water partition coefficient (Wildman–Crippen LogP) is 2.98. The molecule has 1 aromatic carbocycles. The largest absolute Gasteiger partial charge is 0.496 e. The Morgan fingerprint density at radius 3 is 2.58 bits per heavy atom. The molecule has 0 amide bonds. The minimum absolute atomic E-state index is 0.343. The van der Waals surface area contributed by atoms with Gasteiger partial charge in [0.05, 0.1) is 7.11 Å². The minimum Gasteiger partial charge on any atom is -0.496 e. The van der Waals surface area contributed by atoms with Crippen LogP contribution in [0.4, 0.5) is 0 Å². The van der Waals surface area contributed by atoms with Crippen LogP contribution in [0.25, 0.3) is 10.4 Å². The first kappa shape index (κ1) is 24.6. The Kier molecular flexibility index (Phi) is 8.43. The molecule has 0 bridgehead atoms. The molecular formula is C24H36N4O3S2. The topological polar surface area (TPSA) is 73.9 Å². The van der Waals surface area contributed by atoms with Crippen molar-refractivity contribution in [2.45, 2.75) is 42.5 Å². The lowest BCUT2D eigenvalue weighted by molar-refractivity contribution is 0.234. The third-order valence-corrected chi connectivity index (χ3v) is 9.68. The third-order valence-electron chi connectivity index (χ3n) is 6.61. The van der Waals surface area contributed by atoms with Gasteiger partial charge in [-0.15, -0.1) is 11.3 Å². The van der Waals surface area contributed by atoms with E-state index in [0.29, 0.717) is 16.8 Å². The van der Waals surface area contributed by atoms with E-state index in [2.05, 4.69) is 39.0 Å². The lowest BCUT2D eigenvalue weighted by atomic mass is 10.0. The fourth-order valence-corrected chi connectivity index (χ4v) is 6.95. The Labute approximate surface area is 202 Å². The van der Waals surface area contributed by atoms with E-state index in [0.717, 1.165) is 68.3 Å². The first-order chi connectivity index (χ1) is 15.9. The summed E-state index contributed by atoms with van der Waals surface area (Å²) >= 11 is 1.29. The van der Waals surface area contributed by atoms with Gasteiger partial charge in [-0.05, 0) is 88.7 Å². The third kappa shape index (κ3) is 6.55. The highest BCUT2D eigenvalue weighted by Crippen LogP contribution is 2.37. The highest BCUT2D eigenvalue weighted by molar-refractivity contribution is 7.91. The first-order valence-corrected chi connectivity index (χ1v) is 14.2. The SMILES string of the molecule is COc1ccc(CNC2CCN(C)CC2)cc1-c1ccc(S(=O)(=O)NCCN2CCCC2)s1. The highest BCUT2D eigenvalue weighted by atomic mass is 32.2. The fourth-order valence-electron chi connectivity index (χ4n) is 4.56. The summed E-state index contributed by atoms with van der Waals surface area (Å²) in [6, 6.07) is 10.3. The van der Waals surface area contributed by atoms with Crippen molar-refractivity contribution in [1.82, 2.24) is 19.8 Å². The lowest BCUT2D eigenvalue weighted by Crippen LogP contribution is -2.40. The molecule has 33 heavy (non-hydrogen) atoms. The molecule has 0 unspecified atom stereocenters. The number of sulfonamides is 1. The summed E-state index contributed by atoms with van der Waals surface area (Å²) in [6.45, 7) is 6.38. The summed E-state index contributed by atoms with van der Waals surface area (Å²) in [5, 5.41) is 3.68. The Bertz CT molecular complexity index is 1010. The number of rotatable bonds is 10. The summed E-state index contributed by atoms with van der Waals surface area (Å²) in [7, 11) is 0.311. The van der Waals surface area contributed by atoms with Crippen molar-refractivity contribution in [3.8, 4) is 16.2 Å². The van der Waals surface area contributed by atoms with E-state index in [-0.39, 0.29) is 0 Å². The molecule has 9 heteroatoms. The van der Waals surface area contributed by atoms with E-state index in [4.69, 9.17) is 4.74 Å². The second-order valence-electron chi connectivity index (χ2n) is 9.06. The summed E-state index contributed by atoms with van der Waals surface area (Å²) in [5.41, 5.74) is 2.11. The van der Waals surface area contributed by atoms with Gasteiger partial charge >= 0.3 is 0 Å². The zero-order valence-corrected chi connectivity index (χ0v) is 21.3. The van der Waals surface area contributed by atoms with Crippen LogP contribution in [0, 0.1) is 0 Å². The molecule has 0 aliphatic carbocycles. The minimum atomic E-state index is -3.51. The number of thiophene rings is 1. The van der Waals surface area contributed by atoms with Crippen molar-refractivity contribution in [1.29, 1.82) is 0 Å². The molecule has 4 rings (SSSR count). The molecule has 0 radical (unpaired) electrons. The molecule has 2 fully saturated rings. The van der Waals surface area contributed by atoms with Crippen LogP contribution in [0.5, 0.6) is 5.75 Å². The highest BCUT2D eigenvalue weighted by Gasteiger charge is 2.20. The van der Waals surface area contributed by atoms with E-state index in [1.54, 1.807) is 13.2 Å². The van der Waals surface area contributed by atoms with Gasteiger partial charge in [0.25, 0.3) is 0 Å². The van der Waals surface area contributed by atoms with E-state index in [9.17, 15) is 8.42 Å². The zero-order chi connectivity index (χ0) is 23.3. The first-order valence-electron chi connectivity index (χ1n) is 11.9. The number of hydrogen-bond donors (Lipinski definition) is 2. The van der Waals surface area contributed by atoms with Crippen molar-refractivity contribution in [3.63, 3.8) is 0 Å². The van der Waals surface area contributed by atoms with Crippen LogP contribution >= 0.6 is 11.3 Å². The Morgan fingerprint density at radius 1 is 1.09 bits per heavy atom.